The van der Waals surface area contributed by atoms with Crippen LogP contribution in [0.1, 0.15) is 18.9 Å². The Bertz CT molecular complexity index is 431. The maximum atomic E-state index is 6.00. The van der Waals surface area contributed by atoms with E-state index in [9.17, 15) is 0 Å². The van der Waals surface area contributed by atoms with Gasteiger partial charge < -0.3 is 14.2 Å². The normalized spacial score (nSPS) is 34.8. The first-order chi connectivity index (χ1) is 8.57. The molecule has 0 spiro atoms. The molecule has 1 aromatic rings. The SMILES string of the molecule is CCC12COC(c3cc(Cl)cc(Cl)c3)(OC1)OC2. The first kappa shape index (κ1) is 12.7. The minimum Gasteiger partial charge on any atom is -0.323 e. The molecule has 3 nitrogen and oxygen atoms in total. The van der Waals surface area contributed by atoms with Crippen molar-refractivity contribution in [3.05, 3.63) is 33.8 Å². The monoisotopic (exact) mass is 288 g/mol. The summed E-state index contributed by atoms with van der Waals surface area (Å²) in [6.45, 7) is 4.01. The molecule has 3 saturated heterocycles. The quantitative estimate of drug-likeness (QED) is 0.833. The van der Waals surface area contributed by atoms with Crippen molar-refractivity contribution < 1.29 is 14.2 Å². The van der Waals surface area contributed by atoms with Crippen molar-refractivity contribution in [2.24, 2.45) is 5.41 Å². The first-order valence-electron chi connectivity index (χ1n) is 5.96. The van der Waals surface area contributed by atoms with Gasteiger partial charge in [0, 0.05) is 21.0 Å². The van der Waals surface area contributed by atoms with Crippen LogP contribution < -0.4 is 0 Å². The highest BCUT2D eigenvalue weighted by Crippen LogP contribution is 2.46. The van der Waals surface area contributed by atoms with Crippen molar-refractivity contribution in [3.63, 3.8) is 0 Å². The largest absolute Gasteiger partial charge is 0.323 e. The van der Waals surface area contributed by atoms with Crippen LogP contribution in [-0.2, 0) is 20.2 Å². The maximum Gasteiger partial charge on any atom is 0.312 e. The Balaban J connectivity index is 1.93. The predicted molar refractivity (Wildman–Crippen MR) is 68.7 cm³/mol. The van der Waals surface area contributed by atoms with Gasteiger partial charge in [-0.15, -0.1) is 0 Å². The molecule has 3 aliphatic rings. The van der Waals surface area contributed by atoms with Crippen LogP contribution in [0, 0.1) is 5.41 Å². The van der Waals surface area contributed by atoms with Crippen molar-refractivity contribution in [1.29, 1.82) is 0 Å². The van der Waals surface area contributed by atoms with Gasteiger partial charge in [-0.05, 0) is 24.6 Å². The molecule has 3 fully saturated rings. The second-order valence-electron chi connectivity index (χ2n) is 4.93. The average molecular weight is 289 g/mol. The number of halogens is 2. The highest BCUT2D eigenvalue weighted by atomic mass is 35.5. The number of rotatable bonds is 2. The summed E-state index contributed by atoms with van der Waals surface area (Å²) < 4.78 is 17.4. The number of fused-ring (bicyclic) bond motifs is 3. The summed E-state index contributed by atoms with van der Waals surface area (Å²) >= 11 is 12.0. The summed E-state index contributed by atoms with van der Waals surface area (Å²) in [5, 5.41) is 1.08. The molecule has 3 heterocycles. The Morgan fingerprint density at radius 2 is 1.50 bits per heavy atom. The summed E-state index contributed by atoms with van der Waals surface area (Å²) in [6.07, 6.45) is 0.972. The zero-order chi connectivity index (χ0) is 12.8. The van der Waals surface area contributed by atoms with Gasteiger partial charge in [0.1, 0.15) is 0 Å². The third kappa shape index (κ3) is 1.95. The maximum absolute atomic E-state index is 6.00. The number of ether oxygens (including phenoxy) is 3. The van der Waals surface area contributed by atoms with Crippen molar-refractivity contribution >= 4 is 23.2 Å². The first-order valence-corrected chi connectivity index (χ1v) is 6.72. The number of benzene rings is 1. The van der Waals surface area contributed by atoms with Crippen molar-refractivity contribution in [3.8, 4) is 0 Å². The zero-order valence-electron chi connectivity index (χ0n) is 10.0. The lowest BCUT2D eigenvalue weighted by Crippen LogP contribution is -2.58. The van der Waals surface area contributed by atoms with E-state index in [4.69, 9.17) is 37.4 Å². The Hall–Kier alpha value is -0.320. The Morgan fingerprint density at radius 3 is 1.94 bits per heavy atom. The molecule has 2 bridgehead atoms. The van der Waals surface area contributed by atoms with Crippen LogP contribution in [0.5, 0.6) is 0 Å². The van der Waals surface area contributed by atoms with Crippen molar-refractivity contribution in [1.82, 2.24) is 0 Å². The third-order valence-corrected chi connectivity index (χ3v) is 4.11. The molecular weight excluding hydrogens is 275 g/mol. The molecule has 98 valence electrons. The predicted octanol–water partition coefficient (Wildman–Crippen LogP) is 3.58. The van der Waals surface area contributed by atoms with Gasteiger partial charge in [-0.2, -0.15) is 0 Å². The van der Waals surface area contributed by atoms with Crippen LogP contribution in [0.2, 0.25) is 10.0 Å². The van der Waals surface area contributed by atoms with Crippen LogP contribution in [0.25, 0.3) is 0 Å². The fourth-order valence-electron chi connectivity index (χ4n) is 2.28. The molecule has 0 saturated carbocycles. The van der Waals surface area contributed by atoms with E-state index >= 15 is 0 Å². The molecule has 3 aliphatic heterocycles. The smallest absolute Gasteiger partial charge is 0.312 e. The molecule has 0 amide bonds. The van der Waals surface area contributed by atoms with Crippen molar-refractivity contribution in [2.75, 3.05) is 19.8 Å². The van der Waals surface area contributed by atoms with E-state index in [-0.39, 0.29) is 5.41 Å². The van der Waals surface area contributed by atoms with Crippen LogP contribution in [-0.4, -0.2) is 19.8 Å². The fourth-order valence-corrected chi connectivity index (χ4v) is 2.81. The van der Waals surface area contributed by atoms with E-state index in [2.05, 4.69) is 6.92 Å². The molecule has 0 atom stereocenters. The molecule has 0 radical (unpaired) electrons. The summed E-state index contributed by atoms with van der Waals surface area (Å²) in [6, 6.07) is 5.20. The number of hydrogen-bond donors (Lipinski definition) is 0. The topological polar surface area (TPSA) is 27.7 Å². The second kappa shape index (κ2) is 4.36. The van der Waals surface area contributed by atoms with Crippen LogP contribution in [0.4, 0.5) is 0 Å². The minimum atomic E-state index is -1.13. The highest BCUT2D eigenvalue weighted by Gasteiger charge is 2.53. The van der Waals surface area contributed by atoms with E-state index in [0.29, 0.717) is 35.4 Å². The molecule has 0 aliphatic carbocycles. The molecule has 4 rings (SSSR count). The lowest BCUT2D eigenvalue weighted by atomic mass is 9.85. The van der Waals surface area contributed by atoms with E-state index in [1.54, 1.807) is 18.2 Å². The van der Waals surface area contributed by atoms with E-state index in [1.807, 2.05) is 0 Å². The summed E-state index contributed by atoms with van der Waals surface area (Å²) in [7, 11) is 0. The van der Waals surface area contributed by atoms with Gasteiger partial charge in [0.2, 0.25) is 0 Å². The fraction of sp³-hybridized carbons (Fsp3) is 0.538. The van der Waals surface area contributed by atoms with Gasteiger partial charge >= 0.3 is 5.97 Å². The standard InChI is InChI=1S/C13H14Cl2O3/c1-2-12-6-16-13(17-7-12,18-8-12)9-3-10(14)5-11(15)4-9/h3-5H,2,6-8H2,1H3. The van der Waals surface area contributed by atoms with Gasteiger partial charge in [0.15, 0.2) is 0 Å². The van der Waals surface area contributed by atoms with Crippen LogP contribution in [0.3, 0.4) is 0 Å². The van der Waals surface area contributed by atoms with Gasteiger partial charge in [-0.3, -0.25) is 0 Å². The van der Waals surface area contributed by atoms with Gasteiger partial charge in [0.05, 0.1) is 19.8 Å². The Labute approximate surface area is 116 Å². The number of hydrogen-bond acceptors (Lipinski definition) is 3. The molecule has 18 heavy (non-hydrogen) atoms. The van der Waals surface area contributed by atoms with Gasteiger partial charge in [-0.25, -0.2) is 0 Å². The molecule has 0 N–H and O–H groups in total. The van der Waals surface area contributed by atoms with Crippen LogP contribution in [0.15, 0.2) is 18.2 Å². The third-order valence-electron chi connectivity index (χ3n) is 3.67. The van der Waals surface area contributed by atoms with E-state index in [1.165, 1.54) is 0 Å². The van der Waals surface area contributed by atoms with Crippen molar-refractivity contribution in [2.45, 2.75) is 19.3 Å². The summed E-state index contributed by atoms with van der Waals surface area (Å²) in [4.78, 5) is 0. The lowest BCUT2D eigenvalue weighted by Gasteiger charge is -2.51. The van der Waals surface area contributed by atoms with Crippen LogP contribution >= 0.6 is 23.2 Å². The van der Waals surface area contributed by atoms with Gasteiger partial charge in [0.25, 0.3) is 0 Å². The van der Waals surface area contributed by atoms with E-state index < -0.39 is 5.97 Å². The molecule has 0 unspecified atom stereocenters. The second-order valence-corrected chi connectivity index (χ2v) is 5.81. The zero-order valence-corrected chi connectivity index (χ0v) is 11.6. The summed E-state index contributed by atoms with van der Waals surface area (Å²) in [5.41, 5.74) is 0.703. The Kier molecular flexibility index (Phi) is 3.07. The molecule has 1 aromatic carbocycles. The highest BCUT2D eigenvalue weighted by molar-refractivity contribution is 6.34. The molecular formula is C13H14Cl2O3. The summed E-state index contributed by atoms with van der Waals surface area (Å²) in [5.74, 6) is -1.13. The molecule has 5 heteroatoms. The lowest BCUT2D eigenvalue weighted by molar-refractivity contribution is -0.480. The van der Waals surface area contributed by atoms with Gasteiger partial charge in [-0.1, -0.05) is 30.1 Å². The van der Waals surface area contributed by atoms with E-state index in [0.717, 1.165) is 6.42 Å². The minimum absolute atomic E-state index is 0.00980. The molecule has 0 aromatic heterocycles. The average Bonchev–Trinajstić information content (AvgIpc) is 2.40. The Morgan fingerprint density at radius 1 is 1.00 bits per heavy atom.